The molecule has 0 unspecified atom stereocenters. The monoisotopic (exact) mass is 641 g/mol. The van der Waals surface area contributed by atoms with Crippen LogP contribution in [0.5, 0.6) is 28.7 Å². The molecular formula is C33H25F2N5O7. The smallest absolute Gasteiger partial charge is 0.335 e. The molecule has 3 aromatic carbocycles. The van der Waals surface area contributed by atoms with Gasteiger partial charge >= 0.3 is 5.69 Å². The van der Waals surface area contributed by atoms with Crippen molar-refractivity contribution < 1.29 is 32.5 Å². The number of nitrogens with one attached hydrogen (secondary N) is 1. The molecule has 238 valence electrons. The summed E-state index contributed by atoms with van der Waals surface area (Å²) in [4.78, 5) is 44.1. The summed E-state index contributed by atoms with van der Waals surface area (Å²) in [6.07, 6.45) is 2.58. The topological polar surface area (TPSA) is 147 Å². The molecule has 0 atom stereocenters. The van der Waals surface area contributed by atoms with Crippen LogP contribution in [0.2, 0.25) is 0 Å². The second-order valence-electron chi connectivity index (χ2n) is 10.5. The third-order valence-electron chi connectivity index (χ3n) is 7.14. The number of fused-ring (bicyclic) bond motifs is 3. The Kier molecular flexibility index (Phi) is 8.28. The molecule has 47 heavy (non-hydrogen) atoms. The summed E-state index contributed by atoms with van der Waals surface area (Å²) < 4.78 is 53.9. The molecule has 12 nitrogen and oxygen atoms in total. The molecule has 0 spiro atoms. The first-order valence-electron chi connectivity index (χ1n) is 14.3. The molecular weight excluding hydrogens is 616 g/mol. The zero-order valence-electron chi connectivity index (χ0n) is 25.0. The van der Waals surface area contributed by atoms with Gasteiger partial charge in [-0.1, -0.05) is 0 Å². The van der Waals surface area contributed by atoms with Crippen molar-refractivity contribution in [2.45, 2.75) is 19.9 Å². The predicted octanol–water partition coefficient (Wildman–Crippen LogP) is 5.12. The van der Waals surface area contributed by atoms with Gasteiger partial charge in [-0.05, 0) is 56.3 Å². The Balaban J connectivity index is 1.31. The lowest BCUT2D eigenvalue weighted by molar-refractivity contribution is 0.102. The lowest BCUT2D eigenvalue weighted by Gasteiger charge is -2.23. The first-order valence-corrected chi connectivity index (χ1v) is 14.3. The summed E-state index contributed by atoms with van der Waals surface area (Å²) >= 11 is 0. The summed E-state index contributed by atoms with van der Waals surface area (Å²) in [5.41, 5.74) is -1.58. The molecule has 0 saturated heterocycles. The van der Waals surface area contributed by atoms with Gasteiger partial charge in [-0.2, -0.15) is 5.26 Å². The normalized spacial score (nSPS) is 12.1. The van der Waals surface area contributed by atoms with E-state index >= 15 is 4.39 Å². The highest BCUT2D eigenvalue weighted by atomic mass is 19.1. The predicted molar refractivity (Wildman–Crippen MR) is 165 cm³/mol. The number of carbonyl (C=O) groups excluding carboxylic acids is 1. The maximum absolute atomic E-state index is 15.4. The van der Waals surface area contributed by atoms with Crippen molar-refractivity contribution in [2.24, 2.45) is 0 Å². The fourth-order valence-electron chi connectivity index (χ4n) is 4.97. The Morgan fingerprint density at radius 2 is 1.77 bits per heavy atom. The van der Waals surface area contributed by atoms with Gasteiger partial charge in [0, 0.05) is 36.3 Å². The van der Waals surface area contributed by atoms with E-state index in [4.69, 9.17) is 24.2 Å². The van der Waals surface area contributed by atoms with Crippen LogP contribution in [0.3, 0.4) is 0 Å². The van der Waals surface area contributed by atoms with Crippen LogP contribution in [0.15, 0.2) is 76.6 Å². The number of aromatic nitrogens is 3. The van der Waals surface area contributed by atoms with Crippen LogP contribution in [-0.4, -0.2) is 39.8 Å². The number of ether oxygens (including phenoxy) is 4. The van der Waals surface area contributed by atoms with Crippen molar-refractivity contribution in [1.29, 1.82) is 5.26 Å². The number of halogens is 2. The van der Waals surface area contributed by atoms with Crippen LogP contribution in [0.4, 0.5) is 14.5 Å². The average Bonchev–Trinajstić information content (AvgIpc) is 3.05. The molecule has 1 amide bonds. The summed E-state index contributed by atoms with van der Waals surface area (Å²) in [6, 6.07) is 12.9. The number of hydrogen-bond donors (Lipinski definition) is 1. The Labute approximate surface area is 264 Å². The van der Waals surface area contributed by atoms with Gasteiger partial charge < -0.3 is 24.3 Å². The van der Waals surface area contributed by atoms with Crippen LogP contribution >= 0.6 is 0 Å². The summed E-state index contributed by atoms with van der Waals surface area (Å²) in [5.74, 6) is -1.52. The Hall–Kier alpha value is -6.23. The number of benzene rings is 3. The zero-order chi connectivity index (χ0) is 33.2. The molecule has 2 aromatic heterocycles. The molecule has 14 heteroatoms. The van der Waals surface area contributed by atoms with Crippen LogP contribution < -0.4 is 35.5 Å². The molecule has 1 aliphatic heterocycles. The second-order valence-corrected chi connectivity index (χ2v) is 10.5. The first kappa shape index (κ1) is 30.8. The van der Waals surface area contributed by atoms with Crippen molar-refractivity contribution >= 4 is 22.5 Å². The van der Waals surface area contributed by atoms with Crippen LogP contribution in [0.1, 0.15) is 30.2 Å². The average molecular weight is 642 g/mol. The number of amides is 1. The summed E-state index contributed by atoms with van der Waals surface area (Å²) in [7, 11) is 0. The van der Waals surface area contributed by atoms with E-state index in [1.165, 1.54) is 41.1 Å². The van der Waals surface area contributed by atoms with Gasteiger partial charge in [-0.15, -0.1) is 0 Å². The molecule has 0 radical (unpaired) electrons. The number of anilines is 1. The highest BCUT2D eigenvalue weighted by molar-refractivity contribution is 6.04. The molecule has 6 rings (SSSR count). The standard InChI is InChI=1S/C33H25F2N5O7/c1-18(2)39-17-22(32(42)40(33(39)43)21-6-3-19(34)4-7-21)31(41)38-20-5-8-25(23(35)15-20)47-26-9-11-37-24-16-27(44-12-10-36)29-30(28(24)26)46-14-13-45-29/h3-9,11,15-18H,12-14H2,1-2H3,(H,38,41). The highest BCUT2D eigenvalue weighted by Gasteiger charge is 2.25. The SMILES string of the molecule is CC(C)n1cc(C(=O)Nc2ccc(Oc3ccnc4cc(OCC#N)c5c(c34)OCCO5)c(F)c2)c(=O)n(-c2ccc(F)cc2)c1=O. The third kappa shape index (κ3) is 5.94. The van der Waals surface area contributed by atoms with Crippen molar-refractivity contribution in [3.05, 3.63) is 105 Å². The lowest BCUT2D eigenvalue weighted by atomic mass is 10.1. The second kappa shape index (κ2) is 12.6. The minimum absolute atomic E-state index is 0.00265. The molecule has 3 heterocycles. The fourth-order valence-corrected chi connectivity index (χ4v) is 4.97. The molecule has 0 bridgehead atoms. The van der Waals surface area contributed by atoms with Crippen molar-refractivity contribution in [2.75, 3.05) is 25.1 Å². The van der Waals surface area contributed by atoms with Gasteiger partial charge in [-0.3, -0.25) is 19.1 Å². The number of carbonyl (C=O) groups is 1. The quantitative estimate of drug-likeness (QED) is 0.244. The molecule has 1 aliphatic rings. The first-order chi connectivity index (χ1) is 22.7. The highest BCUT2D eigenvalue weighted by Crippen LogP contribution is 2.48. The minimum Gasteiger partial charge on any atom is -0.485 e. The van der Waals surface area contributed by atoms with Crippen LogP contribution in [0, 0.1) is 23.0 Å². The summed E-state index contributed by atoms with van der Waals surface area (Å²) in [6.45, 7) is 3.64. The van der Waals surface area contributed by atoms with Gasteiger partial charge in [-0.25, -0.2) is 18.1 Å². The van der Waals surface area contributed by atoms with E-state index in [0.717, 1.165) is 29.0 Å². The van der Waals surface area contributed by atoms with E-state index < -0.39 is 40.4 Å². The minimum atomic E-state index is -0.934. The van der Waals surface area contributed by atoms with Crippen molar-refractivity contribution in [3.63, 3.8) is 0 Å². The number of pyridine rings is 1. The van der Waals surface area contributed by atoms with Gasteiger partial charge in [0.25, 0.3) is 11.5 Å². The molecule has 5 aromatic rings. The van der Waals surface area contributed by atoms with Gasteiger partial charge in [0.05, 0.1) is 16.6 Å². The van der Waals surface area contributed by atoms with E-state index in [0.29, 0.717) is 10.9 Å². The van der Waals surface area contributed by atoms with Gasteiger partial charge in [0.1, 0.15) is 36.4 Å². The van der Waals surface area contributed by atoms with E-state index in [9.17, 15) is 18.8 Å². The third-order valence-corrected chi connectivity index (χ3v) is 7.14. The Morgan fingerprint density at radius 1 is 1.02 bits per heavy atom. The number of nitriles is 1. The molecule has 0 fully saturated rings. The maximum Gasteiger partial charge on any atom is 0.335 e. The van der Waals surface area contributed by atoms with Crippen molar-refractivity contribution in [3.8, 4) is 40.5 Å². The Bertz CT molecular complexity index is 2190. The molecule has 0 saturated carbocycles. The van der Waals surface area contributed by atoms with Crippen LogP contribution in [0.25, 0.3) is 16.6 Å². The lowest BCUT2D eigenvalue weighted by Crippen LogP contribution is -2.42. The van der Waals surface area contributed by atoms with E-state index in [1.807, 2.05) is 6.07 Å². The van der Waals surface area contributed by atoms with Crippen LogP contribution in [-0.2, 0) is 0 Å². The van der Waals surface area contributed by atoms with Gasteiger partial charge in [0.15, 0.2) is 29.7 Å². The fraction of sp³-hybridized carbons (Fsp3) is 0.182. The Morgan fingerprint density at radius 3 is 2.47 bits per heavy atom. The largest absolute Gasteiger partial charge is 0.485 e. The number of hydrogen-bond acceptors (Lipinski definition) is 9. The maximum atomic E-state index is 15.4. The van der Waals surface area contributed by atoms with E-state index in [2.05, 4.69) is 10.3 Å². The van der Waals surface area contributed by atoms with E-state index in [-0.39, 0.29) is 59.9 Å². The molecule has 0 aliphatic carbocycles. The number of rotatable bonds is 8. The number of nitrogens with zero attached hydrogens (tertiary/aromatic N) is 4. The zero-order valence-corrected chi connectivity index (χ0v) is 25.0. The van der Waals surface area contributed by atoms with Crippen molar-refractivity contribution in [1.82, 2.24) is 14.1 Å². The summed E-state index contributed by atoms with van der Waals surface area (Å²) in [5, 5.41) is 11.8. The van der Waals surface area contributed by atoms with E-state index in [1.54, 1.807) is 19.9 Å². The van der Waals surface area contributed by atoms with Gasteiger partial charge in [0.2, 0.25) is 5.75 Å². The molecule has 1 N–H and O–H groups in total.